The fourth-order valence-corrected chi connectivity index (χ4v) is 6.28. The van der Waals surface area contributed by atoms with Crippen LogP contribution >= 0.6 is 0 Å². The van der Waals surface area contributed by atoms with Gasteiger partial charge >= 0.3 is 0 Å². The van der Waals surface area contributed by atoms with E-state index in [1.54, 1.807) is 0 Å². The van der Waals surface area contributed by atoms with E-state index in [9.17, 15) is 13.0 Å². The van der Waals surface area contributed by atoms with Crippen molar-refractivity contribution in [3.8, 4) is 0 Å². The van der Waals surface area contributed by atoms with Crippen LogP contribution in [0.3, 0.4) is 0 Å². The number of fused-ring (bicyclic) bond motifs is 1. The van der Waals surface area contributed by atoms with E-state index < -0.39 is 10.1 Å². The molecule has 0 aliphatic carbocycles. The smallest absolute Gasteiger partial charge is 0.282 e. The third-order valence-corrected chi connectivity index (χ3v) is 8.12. The number of aryl methyl sites for hydroxylation is 3. The topological polar surface area (TPSA) is 54.4 Å². The fraction of sp³-hybridized carbons (Fsp3) is 0.667. The van der Waals surface area contributed by atoms with Crippen LogP contribution in [-0.4, -0.2) is 13.0 Å². The quantitative estimate of drug-likeness (QED) is 0.240. The Kier molecular flexibility index (Phi) is 12.1. The zero-order chi connectivity index (χ0) is 25.1. The first-order chi connectivity index (χ1) is 16.3. The van der Waals surface area contributed by atoms with Gasteiger partial charge < -0.3 is 0 Å². The van der Waals surface area contributed by atoms with E-state index in [-0.39, 0.29) is 4.90 Å². The van der Waals surface area contributed by atoms with E-state index in [0.717, 1.165) is 106 Å². The van der Waals surface area contributed by atoms with E-state index in [0.29, 0.717) is 6.42 Å². The van der Waals surface area contributed by atoms with Crippen molar-refractivity contribution in [2.75, 3.05) is 0 Å². The lowest BCUT2D eigenvalue weighted by atomic mass is 9.82. The number of rotatable bonds is 16. The summed E-state index contributed by atoms with van der Waals surface area (Å²) in [5.41, 5.74) is 6.18. The monoisotopic (exact) mass is 488 g/mol. The molecule has 0 fully saturated rings. The molecule has 192 valence electrons. The van der Waals surface area contributed by atoms with Crippen LogP contribution in [-0.2, 0) is 42.2 Å². The highest BCUT2D eigenvalue weighted by atomic mass is 32.2. The summed E-state index contributed by atoms with van der Waals surface area (Å²) in [6.07, 6.45) is 15.3. The molecule has 1 N–H and O–H groups in total. The van der Waals surface area contributed by atoms with Gasteiger partial charge in [-0.05, 0) is 97.4 Å². The molecule has 0 saturated carbocycles. The van der Waals surface area contributed by atoms with Gasteiger partial charge in [-0.25, -0.2) is 0 Å². The van der Waals surface area contributed by atoms with Gasteiger partial charge in [-0.3, -0.25) is 4.55 Å². The molecule has 34 heavy (non-hydrogen) atoms. The Hall–Kier alpha value is -1.39. The maximum atomic E-state index is 12.9. The third-order valence-electron chi connectivity index (χ3n) is 7.14. The molecular weight excluding hydrogens is 440 g/mol. The average molecular weight is 489 g/mol. The second-order valence-electron chi connectivity index (χ2n) is 9.88. The van der Waals surface area contributed by atoms with Gasteiger partial charge in [0.05, 0.1) is 0 Å². The predicted molar refractivity (Wildman–Crippen MR) is 147 cm³/mol. The molecule has 0 amide bonds. The first-order valence-electron chi connectivity index (χ1n) is 13.9. The normalized spacial score (nSPS) is 12.1. The summed E-state index contributed by atoms with van der Waals surface area (Å²) < 4.78 is 36.4. The number of benzene rings is 2. The Labute approximate surface area is 209 Å². The highest BCUT2D eigenvalue weighted by molar-refractivity contribution is 7.86. The zero-order valence-corrected chi connectivity index (χ0v) is 23.2. The molecule has 0 aliphatic rings. The first-order valence-corrected chi connectivity index (χ1v) is 15.4. The lowest BCUT2D eigenvalue weighted by Crippen LogP contribution is -2.13. The Balaban J connectivity index is 3.07. The lowest BCUT2D eigenvalue weighted by Gasteiger charge is -2.25. The number of unbranched alkanes of at least 4 members (excludes halogenated alkanes) is 5. The van der Waals surface area contributed by atoms with Crippen LogP contribution in [0.15, 0.2) is 17.0 Å². The van der Waals surface area contributed by atoms with Crippen LogP contribution in [0.2, 0.25) is 0 Å². The summed E-state index contributed by atoms with van der Waals surface area (Å²) in [6, 6.07) is 4.16. The van der Waals surface area contributed by atoms with Crippen molar-refractivity contribution in [3.05, 3.63) is 39.9 Å². The maximum absolute atomic E-state index is 12.9. The third kappa shape index (κ3) is 7.07. The van der Waals surface area contributed by atoms with E-state index in [1.165, 1.54) is 22.3 Å². The van der Waals surface area contributed by atoms with E-state index in [4.69, 9.17) is 0 Å². The van der Waals surface area contributed by atoms with Crippen molar-refractivity contribution in [1.29, 1.82) is 0 Å². The molecule has 2 aromatic rings. The van der Waals surface area contributed by atoms with Crippen molar-refractivity contribution < 1.29 is 13.0 Å². The molecule has 0 aliphatic heterocycles. The van der Waals surface area contributed by atoms with E-state index in [2.05, 4.69) is 40.7 Å². The molecule has 0 atom stereocenters. The molecule has 2 aromatic carbocycles. The van der Waals surface area contributed by atoms with Gasteiger partial charge in [-0.1, -0.05) is 78.9 Å². The van der Waals surface area contributed by atoms with Gasteiger partial charge in [-0.15, -0.1) is 0 Å². The molecule has 2 rings (SSSR count). The average Bonchev–Trinajstić information content (AvgIpc) is 2.81. The molecule has 0 heterocycles. The van der Waals surface area contributed by atoms with Crippen molar-refractivity contribution in [1.82, 2.24) is 0 Å². The van der Waals surface area contributed by atoms with E-state index in [1.807, 2.05) is 6.07 Å². The molecule has 0 unspecified atom stereocenters. The highest BCUT2D eigenvalue weighted by Crippen LogP contribution is 2.40. The SMILES string of the molecule is CCCCc1ccc2c(S(=O)(=O)O)c(CCCC)c(CCCC)c(CCCC)c2c1CCCC. The number of hydrogen-bond acceptors (Lipinski definition) is 2. The molecule has 4 heteroatoms. The van der Waals surface area contributed by atoms with Crippen molar-refractivity contribution in [3.63, 3.8) is 0 Å². The minimum Gasteiger partial charge on any atom is -0.282 e. The van der Waals surface area contributed by atoms with Gasteiger partial charge in [0.25, 0.3) is 10.1 Å². The standard InChI is InChI=1S/C30H48O3S/c1-6-11-16-23-21-22-28-29(24(23)17-12-7-2)26(19-14-9-4)25(18-13-8-3)27(20-15-10-5)30(28)34(31,32)33/h21-22H,6-20H2,1-5H3,(H,31,32,33). The molecule has 0 spiro atoms. The van der Waals surface area contributed by atoms with Gasteiger partial charge in [0, 0.05) is 5.39 Å². The van der Waals surface area contributed by atoms with Crippen molar-refractivity contribution in [2.45, 2.75) is 136 Å². The van der Waals surface area contributed by atoms with Crippen LogP contribution in [0.25, 0.3) is 10.8 Å². The Morgan fingerprint density at radius 2 is 1.03 bits per heavy atom. The highest BCUT2D eigenvalue weighted by Gasteiger charge is 2.27. The second kappa shape index (κ2) is 14.2. The zero-order valence-electron chi connectivity index (χ0n) is 22.4. The van der Waals surface area contributed by atoms with Gasteiger partial charge in [0.1, 0.15) is 4.90 Å². The van der Waals surface area contributed by atoms with Crippen LogP contribution in [0, 0.1) is 0 Å². The minimum atomic E-state index is -4.34. The molecule has 3 nitrogen and oxygen atoms in total. The summed E-state index contributed by atoms with van der Waals surface area (Å²) in [6.45, 7) is 11.0. The molecule has 0 aromatic heterocycles. The Bertz CT molecular complexity index is 1020. The fourth-order valence-electron chi connectivity index (χ4n) is 5.30. The molecule has 0 saturated heterocycles. The Morgan fingerprint density at radius 1 is 0.588 bits per heavy atom. The molecule has 0 bridgehead atoms. The summed E-state index contributed by atoms with van der Waals surface area (Å²) in [5.74, 6) is 0. The van der Waals surface area contributed by atoms with Gasteiger partial charge in [0.2, 0.25) is 0 Å². The number of hydrogen-bond donors (Lipinski definition) is 1. The van der Waals surface area contributed by atoms with Gasteiger partial charge in [-0.2, -0.15) is 8.42 Å². The van der Waals surface area contributed by atoms with Crippen molar-refractivity contribution >= 4 is 20.9 Å². The van der Waals surface area contributed by atoms with Crippen LogP contribution in [0.1, 0.15) is 127 Å². The lowest BCUT2D eigenvalue weighted by molar-refractivity contribution is 0.482. The maximum Gasteiger partial charge on any atom is 0.295 e. The molecule has 0 radical (unpaired) electrons. The predicted octanol–water partition coefficient (Wildman–Crippen LogP) is 8.80. The summed E-state index contributed by atoms with van der Waals surface area (Å²) in [4.78, 5) is 0.196. The van der Waals surface area contributed by atoms with E-state index >= 15 is 0 Å². The summed E-state index contributed by atoms with van der Waals surface area (Å²) in [5, 5.41) is 1.90. The Morgan fingerprint density at radius 3 is 1.53 bits per heavy atom. The largest absolute Gasteiger partial charge is 0.295 e. The van der Waals surface area contributed by atoms with Crippen LogP contribution < -0.4 is 0 Å². The summed E-state index contributed by atoms with van der Waals surface area (Å²) in [7, 11) is -4.34. The van der Waals surface area contributed by atoms with Crippen LogP contribution in [0.5, 0.6) is 0 Å². The first kappa shape index (κ1) is 28.8. The molecular formula is C30H48O3S. The van der Waals surface area contributed by atoms with Crippen molar-refractivity contribution in [2.24, 2.45) is 0 Å². The summed E-state index contributed by atoms with van der Waals surface area (Å²) >= 11 is 0. The second-order valence-corrected chi connectivity index (χ2v) is 11.2. The van der Waals surface area contributed by atoms with Crippen LogP contribution in [0.4, 0.5) is 0 Å². The van der Waals surface area contributed by atoms with Gasteiger partial charge in [0.15, 0.2) is 0 Å². The minimum absolute atomic E-state index is 0.196.